The molecule has 1 aliphatic rings. The number of rotatable bonds is 2. The molecular formula is C12H16BrN. The van der Waals surface area contributed by atoms with Gasteiger partial charge in [-0.3, -0.25) is 0 Å². The highest BCUT2D eigenvalue weighted by molar-refractivity contribution is 9.10. The van der Waals surface area contributed by atoms with Gasteiger partial charge in [0.15, 0.2) is 0 Å². The molecule has 2 heteroatoms. The van der Waals surface area contributed by atoms with E-state index in [9.17, 15) is 0 Å². The van der Waals surface area contributed by atoms with E-state index in [0.29, 0.717) is 0 Å². The van der Waals surface area contributed by atoms with Crippen molar-refractivity contribution >= 4 is 15.9 Å². The Balaban J connectivity index is 1.92. The van der Waals surface area contributed by atoms with Gasteiger partial charge in [-0.2, -0.15) is 0 Å². The molecule has 0 bridgehead atoms. The van der Waals surface area contributed by atoms with Crippen molar-refractivity contribution in [1.29, 1.82) is 0 Å². The first-order valence-electron chi connectivity index (χ1n) is 5.30. The molecule has 2 rings (SSSR count). The molecule has 1 nitrogen and oxygen atoms in total. The van der Waals surface area contributed by atoms with E-state index >= 15 is 0 Å². The molecule has 0 spiro atoms. The lowest BCUT2D eigenvalue weighted by molar-refractivity contribution is 0.376. The quantitative estimate of drug-likeness (QED) is 0.855. The summed E-state index contributed by atoms with van der Waals surface area (Å²) in [5.41, 5.74) is 1.46. The molecule has 76 valence electrons. The van der Waals surface area contributed by atoms with Crippen LogP contribution in [0.25, 0.3) is 0 Å². The maximum absolute atomic E-state index is 3.46. The SMILES string of the molecule is Brc1ccc(C[C@@H]2CCCNC2)cc1. The predicted octanol–water partition coefficient (Wildman–Crippen LogP) is 2.99. The fourth-order valence-corrected chi connectivity index (χ4v) is 2.32. The fraction of sp³-hybridized carbons (Fsp3) is 0.500. The van der Waals surface area contributed by atoms with Gasteiger partial charge in [0.2, 0.25) is 0 Å². The Labute approximate surface area is 94.0 Å². The van der Waals surface area contributed by atoms with E-state index in [-0.39, 0.29) is 0 Å². The van der Waals surface area contributed by atoms with Crippen molar-refractivity contribution in [3.63, 3.8) is 0 Å². The van der Waals surface area contributed by atoms with E-state index in [1.165, 1.54) is 42.4 Å². The summed E-state index contributed by atoms with van der Waals surface area (Å²) >= 11 is 3.46. The Morgan fingerprint density at radius 2 is 2.07 bits per heavy atom. The minimum Gasteiger partial charge on any atom is -0.316 e. The number of benzene rings is 1. The van der Waals surface area contributed by atoms with E-state index in [4.69, 9.17) is 0 Å². The first-order valence-corrected chi connectivity index (χ1v) is 6.09. The lowest BCUT2D eigenvalue weighted by atomic mass is 9.92. The van der Waals surface area contributed by atoms with E-state index in [0.717, 1.165) is 5.92 Å². The molecule has 0 aromatic heterocycles. The third kappa shape index (κ3) is 2.82. The zero-order valence-corrected chi connectivity index (χ0v) is 9.89. The van der Waals surface area contributed by atoms with Crippen LogP contribution < -0.4 is 5.32 Å². The number of halogens is 1. The second-order valence-corrected chi connectivity index (χ2v) is 4.96. The summed E-state index contributed by atoms with van der Waals surface area (Å²) < 4.78 is 1.17. The summed E-state index contributed by atoms with van der Waals surface area (Å²) in [6, 6.07) is 8.70. The zero-order valence-electron chi connectivity index (χ0n) is 8.30. The van der Waals surface area contributed by atoms with Crippen LogP contribution in [0.15, 0.2) is 28.7 Å². The molecule has 0 amide bonds. The van der Waals surface area contributed by atoms with Crippen molar-refractivity contribution in [3.05, 3.63) is 34.3 Å². The van der Waals surface area contributed by atoms with Crippen LogP contribution in [0.2, 0.25) is 0 Å². The zero-order chi connectivity index (χ0) is 9.80. The third-order valence-electron chi connectivity index (χ3n) is 2.84. The molecule has 1 fully saturated rings. The summed E-state index contributed by atoms with van der Waals surface area (Å²) in [5.74, 6) is 0.838. The largest absolute Gasteiger partial charge is 0.316 e. The minimum atomic E-state index is 0.838. The van der Waals surface area contributed by atoms with Crippen LogP contribution in [-0.4, -0.2) is 13.1 Å². The van der Waals surface area contributed by atoms with Crippen LogP contribution in [-0.2, 0) is 6.42 Å². The van der Waals surface area contributed by atoms with Crippen LogP contribution >= 0.6 is 15.9 Å². The van der Waals surface area contributed by atoms with Crippen molar-refractivity contribution in [2.75, 3.05) is 13.1 Å². The molecule has 14 heavy (non-hydrogen) atoms. The van der Waals surface area contributed by atoms with Gasteiger partial charge in [0.05, 0.1) is 0 Å². The molecule has 1 saturated heterocycles. The van der Waals surface area contributed by atoms with Crippen LogP contribution in [0.4, 0.5) is 0 Å². The monoisotopic (exact) mass is 253 g/mol. The van der Waals surface area contributed by atoms with E-state index < -0.39 is 0 Å². The Hall–Kier alpha value is -0.340. The normalized spacial score (nSPS) is 22.2. The van der Waals surface area contributed by atoms with Crippen molar-refractivity contribution < 1.29 is 0 Å². The number of hydrogen-bond acceptors (Lipinski definition) is 1. The van der Waals surface area contributed by atoms with Gasteiger partial charge in [-0.05, 0) is 56.0 Å². The molecule has 0 saturated carbocycles. The summed E-state index contributed by atoms with van der Waals surface area (Å²) in [6.45, 7) is 2.40. The average molecular weight is 254 g/mol. The lowest BCUT2D eigenvalue weighted by Crippen LogP contribution is -2.30. The van der Waals surface area contributed by atoms with Gasteiger partial charge in [0, 0.05) is 4.47 Å². The molecule has 1 N–H and O–H groups in total. The first kappa shape index (κ1) is 10.2. The van der Waals surface area contributed by atoms with Gasteiger partial charge in [-0.1, -0.05) is 28.1 Å². The maximum Gasteiger partial charge on any atom is 0.0175 e. The van der Waals surface area contributed by atoms with E-state index in [1.807, 2.05) is 0 Å². The van der Waals surface area contributed by atoms with Crippen LogP contribution in [0.5, 0.6) is 0 Å². The molecule has 0 unspecified atom stereocenters. The number of nitrogens with one attached hydrogen (secondary N) is 1. The second-order valence-electron chi connectivity index (χ2n) is 4.04. The molecule has 1 aromatic carbocycles. The van der Waals surface area contributed by atoms with Crippen molar-refractivity contribution in [2.45, 2.75) is 19.3 Å². The standard InChI is InChI=1S/C12H16BrN/c13-12-5-3-10(4-6-12)8-11-2-1-7-14-9-11/h3-6,11,14H,1-2,7-9H2/t11-/m0/s1. The van der Waals surface area contributed by atoms with Crippen LogP contribution in [0, 0.1) is 5.92 Å². The van der Waals surface area contributed by atoms with Crippen LogP contribution in [0.1, 0.15) is 18.4 Å². The molecule has 0 aliphatic carbocycles. The predicted molar refractivity (Wildman–Crippen MR) is 63.4 cm³/mol. The Kier molecular flexibility index (Phi) is 3.60. The molecular weight excluding hydrogens is 238 g/mol. The van der Waals surface area contributed by atoms with Crippen molar-refractivity contribution in [1.82, 2.24) is 5.32 Å². The Morgan fingerprint density at radius 3 is 2.71 bits per heavy atom. The van der Waals surface area contributed by atoms with Gasteiger partial charge >= 0.3 is 0 Å². The van der Waals surface area contributed by atoms with Crippen LogP contribution in [0.3, 0.4) is 0 Å². The lowest BCUT2D eigenvalue weighted by Gasteiger charge is -2.22. The fourth-order valence-electron chi connectivity index (χ4n) is 2.05. The summed E-state index contributed by atoms with van der Waals surface area (Å²) in [4.78, 5) is 0. The smallest absolute Gasteiger partial charge is 0.0175 e. The maximum atomic E-state index is 3.46. The van der Waals surface area contributed by atoms with Crippen molar-refractivity contribution in [3.8, 4) is 0 Å². The second kappa shape index (κ2) is 4.94. The summed E-state index contributed by atoms with van der Waals surface area (Å²) in [5, 5.41) is 3.46. The third-order valence-corrected chi connectivity index (χ3v) is 3.37. The molecule has 1 atom stereocenters. The van der Waals surface area contributed by atoms with Crippen molar-refractivity contribution in [2.24, 2.45) is 5.92 Å². The summed E-state index contributed by atoms with van der Waals surface area (Å²) in [6.07, 6.45) is 3.94. The topological polar surface area (TPSA) is 12.0 Å². The van der Waals surface area contributed by atoms with E-state index in [2.05, 4.69) is 45.5 Å². The molecule has 0 radical (unpaired) electrons. The number of hydrogen-bond donors (Lipinski definition) is 1. The van der Waals surface area contributed by atoms with E-state index in [1.54, 1.807) is 0 Å². The van der Waals surface area contributed by atoms with Gasteiger partial charge in [0.1, 0.15) is 0 Å². The molecule has 1 heterocycles. The Morgan fingerprint density at radius 1 is 1.29 bits per heavy atom. The first-order chi connectivity index (χ1) is 6.84. The van der Waals surface area contributed by atoms with Gasteiger partial charge < -0.3 is 5.32 Å². The van der Waals surface area contributed by atoms with Gasteiger partial charge in [0.25, 0.3) is 0 Å². The average Bonchev–Trinajstić information content (AvgIpc) is 2.23. The molecule has 1 aromatic rings. The highest BCUT2D eigenvalue weighted by atomic mass is 79.9. The van der Waals surface area contributed by atoms with Gasteiger partial charge in [-0.15, -0.1) is 0 Å². The van der Waals surface area contributed by atoms with Gasteiger partial charge in [-0.25, -0.2) is 0 Å². The Bertz CT molecular complexity index is 275. The summed E-state index contributed by atoms with van der Waals surface area (Å²) in [7, 11) is 0. The highest BCUT2D eigenvalue weighted by Gasteiger charge is 2.12. The highest BCUT2D eigenvalue weighted by Crippen LogP contribution is 2.18. The minimum absolute atomic E-state index is 0.838. The molecule has 1 aliphatic heterocycles. The number of piperidine rings is 1.